The van der Waals surface area contributed by atoms with Gasteiger partial charge in [-0.25, -0.2) is 4.98 Å². The number of nitrogens with one attached hydrogen (secondary N) is 1. The van der Waals surface area contributed by atoms with E-state index in [0.29, 0.717) is 6.42 Å². The molecule has 0 fully saturated rings. The normalized spacial score (nSPS) is 14.4. The van der Waals surface area contributed by atoms with Crippen molar-refractivity contribution in [2.24, 2.45) is 0 Å². The predicted molar refractivity (Wildman–Crippen MR) is 79.3 cm³/mol. The topological polar surface area (TPSA) is 58.2 Å². The van der Waals surface area contributed by atoms with Crippen LogP contribution in [0, 0.1) is 0 Å². The molecule has 0 bridgehead atoms. The number of nitrogens with zero attached hydrogens (tertiary/aromatic N) is 2. The Morgan fingerprint density at radius 1 is 1.33 bits per heavy atom. The van der Waals surface area contributed by atoms with E-state index in [1.807, 2.05) is 11.0 Å². The highest BCUT2D eigenvalue weighted by atomic mass is 16.5. The summed E-state index contributed by atoms with van der Waals surface area (Å²) in [5.41, 5.74) is 3.46. The second kappa shape index (κ2) is 5.99. The van der Waals surface area contributed by atoms with Gasteiger partial charge in [-0.3, -0.25) is 4.79 Å². The van der Waals surface area contributed by atoms with Gasteiger partial charge in [0.25, 0.3) is 0 Å². The Hall–Kier alpha value is -2.30. The minimum Gasteiger partial charge on any atom is -0.497 e. The fourth-order valence-electron chi connectivity index (χ4n) is 2.73. The standard InChI is InChI=1S/C16H19N3O2/c1-21-15-3-2-12-4-6-19(7-5-13(12)8-15)16(20)9-14-10-17-11-18-14/h2-3,8,10-11H,4-7,9H2,1H3,(H,17,18). The molecule has 0 saturated carbocycles. The lowest BCUT2D eigenvalue weighted by atomic mass is 10.0. The lowest BCUT2D eigenvalue weighted by Gasteiger charge is -2.19. The number of amides is 1. The molecule has 2 aromatic rings. The van der Waals surface area contributed by atoms with Crippen LogP contribution in [0.1, 0.15) is 16.8 Å². The third-order valence-electron chi connectivity index (χ3n) is 3.96. The van der Waals surface area contributed by atoms with Crippen LogP contribution < -0.4 is 4.74 Å². The molecular weight excluding hydrogens is 266 g/mol. The smallest absolute Gasteiger partial charge is 0.228 e. The lowest BCUT2D eigenvalue weighted by Crippen LogP contribution is -2.34. The quantitative estimate of drug-likeness (QED) is 0.931. The molecule has 5 nitrogen and oxygen atoms in total. The summed E-state index contributed by atoms with van der Waals surface area (Å²) in [6.07, 6.45) is 5.47. The zero-order chi connectivity index (χ0) is 14.7. The zero-order valence-electron chi connectivity index (χ0n) is 12.1. The van der Waals surface area contributed by atoms with Crippen LogP contribution in [0.25, 0.3) is 0 Å². The van der Waals surface area contributed by atoms with Gasteiger partial charge < -0.3 is 14.6 Å². The molecule has 110 valence electrons. The number of benzene rings is 1. The van der Waals surface area contributed by atoms with Crippen molar-refractivity contribution in [1.29, 1.82) is 0 Å². The highest BCUT2D eigenvalue weighted by Gasteiger charge is 2.19. The SMILES string of the molecule is COc1ccc2c(c1)CCN(C(=O)Cc1cnc[nH]1)CC2. The van der Waals surface area contributed by atoms with Gasteiger partial charge in [-0.05, 0) is 36.1 Å². The molecule has 1 aliphatic heterocycles. The molecule has 1 aromatic carbocycles. The minimum atomic E-state index is 0.152. The van der Waals surface area contributed by atoms with Crippen molar-refractivity contribution in [3.63, 3.8) is 0 Å². The molecule has 0 spiro atoms. The van der Waals surface area contributed by atoms with Crippen LogP contribution in [0.5, 0.6) is 5.75 Å². The van der Waals surface area contributed by atoms with E-state index in [4.69, 9.17) is 4.74 Å². The molecule has 0 saturated heterocycles. The average molecular weight is 285 g/mol. The van der Waals surface area contributed by atoms with Crippen molar-refractivity contribution in [2.45, 2.75) is 19.3 Å². The number of aromatic amines is 1. The summed E-state index contributed by atoms with van der Waals surface area (Å²) in [7, 11) is 1.68. The summed E-state index contributed by atoms with van der Waals surface area (Å²) >= 11 is 0. The van der Waals surface area contributed by atoms with Gasteiger partial charge in [0, 0.05) is 25.0 Å². The number of hydrogen-bond donors (Lipinski definition) is 1. The van der Waals surface area contributed by atoms with Crippen LogP contribution in [0.2, 0.25) is 0 Å². The highest BCUT2D eigenvalue weighted by molar-refractivity contribution is 5.78. The molecule has 1 N–H and O–H groups in total. The monoisotopic (exact) mass is 285 g/mol. The Morgan fingerprint density at radius 3 is 2.86 bits per heavy atom. The molecule has 0 unspecified atom stereocenters. The van der Waals surface area contributed by atoms with Crippen LogP contribution in [-0.2, 0) is 24.1 Å². The molecule has 0 atom stereocenters. The van der Waals surface area contributed by atoms with Gasteiger partial charge in [-0.2, -0.15) is 0 Å². The summed E-state index contributed by atoms with van der Waals surface area (Å²) in [4.78, 5) is 21.2. The van der Waals surface area contributed by atoms with Crippen molar-refractivity contribution in [3.8, 4) is 5.75 Å². The van der Waals surface area contributed by atoms with Gasteiger partial charge in [-0.15, -0.1) is 0 Å². The summed E-state index contributed by atoms with van der Waals surface area (Å²) in [5.74, 6) is 1.03. The Bertz CT molecular complexity index is 622. The second-order valence-electron chi connectivity index (χ2n) is 5.27. The van der Waals surface area contributed by atoms with Crippen LogP contribution in [0.4, 0.5) is 0 Å². The Balaban J connectivity index is 1.68. The summed E-state index contributed by atoms with van der Waals surface area (Å²) in [6, 6.07) is 6.18. The van der Waals surface area contributed by atoms with E-state index < -0.39 is 0 Å². The number of carbonyl (C=O) groups is 1. The van der Waals surface area contributed by atoms with E-state index in [0.717, 1.165) is 37.4 Å². The minimum absolute atomic E-state index is 0.152. The van der Waals surface area contributed by atoms with Gasteiger partial charge in [0.2, 0.25) is 5.91 Å². The molecule has 0 aliphatic carbocycles. The van der Waals surface area contributed by atoms with Gasteiger partial charge in [0.1, 0.15) is 5.75 Å². The van der Waals surface area contributed by atoms with Gasteiger partial charge in [0.15, 0.2) is 0 Å². The van der Waals surface area contributed by atoms with Gasteiger partial charge in [-0.1, -0.05) is 6.07 Å². The zero-order valence-corrected chi connectivity index (χ0v) is 12.1. The Morgan fingerprint density at radius 2 is 2.14 bits per heavy atom. The van der Waals surface area contributed by atoms with E-state index >= 15 is 0 Å². The van der Waals surface area contributed by atoms with Crippen LogP contribution >= 0.6 is 0 Å². The number of aromatic nitrogens is 2. The number of methoxy groups -OCH3 is 1. The molecule has 0 radical (unpaired) electrons. The number of H-pyrrole nitrogens is 1. The van der Waals surface area contributed by atoms with Gasteiger partial charge >= 0.3 is 0 Å². The first-order chi connectivity index (χ1) is 10.3. The van der Waals surface area contributed by atoms with Crippen molar-refractivity contribution >= 4 is 5.91 Å². The molecule has 1 aromatic heterocycles. The summed E-state index contributed by atoms with van der Waals surface area (Å²) in [5, 5.41) is 0. The summed E-state index contributed by atoms with van der Waals surface area (Å²) in [6.45, 7) is 1.53. The maximum Gasteiger partial charge on any atom is 0.228 e. The molecule has 21 heavy (non-hydrogen) atoms. The number of imidazole rings is 1. The van der Waals surface area contributed by atoms with E-state index in [1.165, 1.54) is 11.1 Å². The van der Waals surface area contributed by atoms with Crippen molar-refractivity contribution in [3.05, 3.63) is 47.5 Å². The van der Waals surface area contributed by atoms with Gasteiger partial charge in [0.05, 0.1) is 19.9 Å². The number of rotatable bonds is 3. The number of hydrogen-bond acceptors (Lipinski definition) is 3. The van der Waals surface area contributed by atoms with E-state index in [1.54, 1.807) is 19.6 Å². The third kappa shape index (κ3) is 3.07. The first kappa shape index (κ1) is 13.7. The van der Waals surface area contributed by atoms with Crippen molar-refractivity contribution < 1.29 is 9.53 Å². The fraction of sp³-hybridized carbons (Fsp3) is 0.375. The largest absolute Gasteiger partial charge is 0.497 e. The van der Waals surface area contributed by atoms with Crippen molar-refractivity contribution in [1.82, 2.24) is 14.9 Å². The summed E-state index contributed by atoms with van der Waals surface area (Å²) < 4.78 is 5.27. The second-order valence-corrected chi connectivity index (χ2v) is 5.27. The molecule has 1 amide bonds. The van der Waals surface area contributed by atoms with Crippen LogP contribution in [0.15, 0.2) is 30.7 Å². The Labute approximate surface area is 124 Å². The number of ether oxygens (including phenoxy) is 1. The lowest BCUT2D eigenvalue weighted by molar-refractivity contribution is -0.130. The van der Waals surface area contributed by atoms with E-state index in [9.17, 15) is 4.79 Å². The first-order valence-corrected chi connectivity index (χ1v) is 7.17. The number of carbonyl (C=O) groups excluding carboxylic acids is 1. The molecule has 2 heterocycles. The first-order valence-electron chi connectivity index (χ1n) is 7.17. The maximum atomic E-state index is 12.3. The van der Waals surface area contributed by atoms with Crippen LogP contribution in [0.3, 0.4) is 0 Å². The van der Waals surface area contributed by atoms with Crippen molar-refractivity contribution in [2.75, 3.05) is 20.2 Å². The molecule has 1 aliphatic rings. The third-order valence-corrected chi connectivity index (χ3v) is 3.96. The fourth-order valence-corrected chi connectivity index (χ4v) is 2.73. The number of fused-ring (bicyclic) bond motifs is 1. The molecule has 3 rings (SSSR count). The highest BCUT2D eigenvalue weighted by Crippen LogP contribution is 2.21. The maximum absolute atomic E-state index is 12.3. The van der Waals surface area contributed by atoms with E-state index in [-0.39, 0.29) is 5.91 Å². The van der Waals surface area contributed by atoms with Crippen LogP contribution in [-0.4, -0.2) is 41.0 Å². The molecule has 5 heteroatoms. The van der Waals surface area contributed by atoms with E-state index in [2.05, 4.69) is 22.1 Å². The average Bonchev–Trinajstić information content (AvgIpc) is 2.91. The Kier molecular flexibility index (Phi) is 3.90. The molecular formula is C16H19N3O2. The predicted octanol–water partition coefficient (Wildman–Crippen LogP) is 1.59.